The van der Waals surface area contributed by atoms with Crippen LogP contribution in [0.1, 0.15) is 18.5 Å². The Bertz CT molecular complexity index is 313. The van der Waals surface area contributed by atoms with E-state index in [1.54, 1.807) is 13.1 Å². The van der Waals surface area contributed by atoms with E-state index in [1.807, 2.05) is 25.1 Å². The van der Waals surface area contributed by atoms with Crippen molar-refractivity contribution in [2.75, 3.05) is 18.5 Å². The molecule has 0 saturated carbocycles. The summed E-state index contributed by atoms with van der Waals surface area (Å²) >= 11 is 0. The van der Waals surface area contributed by atoms with Crippen molar-refractivity contribution in [2.45, 2.75) is 19.4 Å². The van der Waals surface area contributed by atoms with Crippen LogP contribution in [0.15, 0.2) is 24.3 Å². The normalized spacial score (nSPS) is 12.9. The van der Waals surface area contributed by atoms with Gasteiger partial charge < -0.3 is 10.6 Å². The minimum Gasteiger partial charge on any atom is -0.369 e. The first-order valence-electron chi connectivity index (χ1n) is 4.86. The van der Waals surface area contributed by atoms with Crippen LogP contribution in [0.2, 0.25) is 0 Å². The predicted octanol–water partition coefficient (Wildman–Crippen LogP) is 2.41. The van der Waals surface area contributed by atoms with Crippen molar-refractivity contribution in [1.82, 2.24) is 0 Å². The number of hydrogen-bond donors (Lipinski definition) is 1. The monoisotopic (exact) mass is 214 g/mol. The Labute approximate surface area is 88.7 Å². The highest BCUT2D eigenvalue weighted by atomic mass is 19.3. The van der Waals surface area contributed by atoms with Crippen LogP contribution >= 0.6 is 0 Å². The first-order valence-corrected chi connectivity index (χ1v) is 4.86. The van der Waals surface area contributed by atoms with Gasteiger partial charge >= 0.3 is 0 Å². The summed E-state index contributed by atoms with van der Waals surface area (Å²) in [5, 5.41) is 0. The number of hydrogen-bond acceptors (Lipinski definition) is 2. The van der Waals surface area contributed by atoms with Crippen LogP contribution in [-0.2, 0) is 0 Å². The minimum atomic E-state index is -2.34. The molecule has 1 atom stereocenters. The molecule has 0 amide bonds. The van der Waals surface area contributed by atoms with Crippen molar-refractivity contribution in [3.05, 3.63) is 29.8 Å². The molecule has 0 bridgehead atoms. The third kappa shape index (κ3) is 3.16. The smallest absolute Gasteiger partial charge is 0.255 e. The first-order chi connectivity index (χ1) is 7.02. The van der Waals surface area contributed by atoms with Crippen LogP contribution in [0.4, 0.5) is 14.5 Å². The Balaban J connectivity index is 2.92. The van der Waals surface area contributed by atoms with Gasteiger partial charge in [-0.3, -0.25) is 0 Å². The molecule has 0 fully saturated rings. The summed E-state index contributed by atoms with van der Waals surface area (Å²) in [6.07, 6.45) is -2.34. The average Bonchev–Trinajstić information content (AvgIpc) is 2.16. The molecule has 0 heterocycles. The second-order valence-electron chi connectivity index (χ2n) is 3.62. The summed E-state index contributed by atoms with van der Waals surface area (Å²) in [5.74, 6) is 0. The van der Waals surface area contributed by atoms with E-state index in [1.165, 1.54) is 4.90 Å². The van der Waals surface area contributed by atoms with Crippen LogP contribution in [0.25, 0.3) is 0 Å². The number of rotatable bonds is 4. The van der Waals surface area contributed by atoms with Crippen LogP contribution < -0.4 is 10.6 Å². The molecule has 0 radical (unpaired) electrons. The molecule has 2 nitrogen and oxygen atoms in total. The number of anilines is 1. The summed E-state index contributed by atoms with van der Waals surface area (Å²) in [6.45, 7) is 1.57. The lowest BCUT2D eigenvalue weighted by atomic mass is 10.1. The summed E-state index contributed by atoms with van der Waals surface area (Å²) in [6, 6.07) is 7.20. The fourth-order valence-corrected chi connectivity index (χ4v) is 1.53. The summed E-state index contributed by atoms with van der Waals surface area (Å²) < 4.78 is 24.5. The lowest BCUT2D eigenvalue weighted by Gasteiger charge is -2.23. The second-order valence-corrected chi connectivity index (χ2v) is 3.62. The quantitative estimate of drug-likeness (QED) is 0.834. The Morgan fingerprint density at radius 2 is 1.93 bits per heavy atom. The fourth-order valence-electron chi connectivity index (χ4n) is 1.53. The van der Waals surface area contributed by atoms with E-state index in [0.717, 1.165) is 11.3 Å². The molecule has 0 aromatic heterocycles. The summed E-state index contributed by atoms with van der Waals surface area (Å²) in [4.78, 5) is 1.53. The molecule has 84 valence electrons. The molecule has 0 aliphatic carbocycles. The van der Waals surface area contributed by atoms with Crippen molar-refractivity contribution in [3.63, 3.8) is 0 Å². The van der Waals surface area contributed by atoms with Gasteiger partial charge in [-0.1, -0.05) is 18.2 Å². The standard InChI is InChI=1S/C11H16F2N2/c1-8(14)9-5-3-4-6-10(9)15(2)7-11(12)13/h3-6,8,11H,7,14H2,1-2H3. The molecular weight excluding hydrogens is 198 g/mol. The van der Waals surface area contributed by atoms with Crippen LogP contribution in [0, 0.1) is 0 Å². The Morgan fingerprint density at radius 1 is 1.33 bits per heavy atom. The van der Waals surface area contributed by atoms with E-state index < -0.39 is 6.43 Å². The van der Waals surface area contributed by atoms with Gasteiger partial charge in [0.25, 0.3) is 6.43 Å². The van der Waals surface area contributed by atoms with E-state index in [-0.39, 0.29) is 12.6 Å². The van der Waals surface area contributed by atoms with Crippen molar-refractivity contribution in [1.29, 1.82) is 0 Å². The van der Waals surface area contributed by atoms with Gasteiger partial charge in [-0.2, -0.15) is 0 Å². The number of nitrogens with zero attached hydrogens (tertiary/aromatic N) is 1. The highest BCUT2D eigenvalue weighted by Crippen LogP contribution is 2.24. The molecule has 1 rings (SSSR count). The number of alkyl halides is 2. The number of benzene rings is 1. The van der Waals surface area contributed by atoms with Gasteiger partial charge in [-0.25, -0.2) is 8.78 Å². The third-order valence-electron chi connectivity index (χ3n) is 2.25. The number of para-hydroxylation sites is 1. The van der Waals surface area contributed by atoms with E-state index >= 15 is 0 Å². The van der Waals surface area contributed by atoms with E-state index in [0.29, 0.717) is 0 Å². The number of nitrogens with two attached hydrogens (primary N) is 1. The number of halogens is 2. The molecule has 1 aromatic carbocycles. The molecule has 0 aliphatic heterocycles. The topological polar surface area (TPSA) is 29.3 Å². The highest BCUT2D eigenvalue weighted by molar-refractivity contribution is 5.54. The van der Waals surface area contributed by atoms with Crippen molar-refractivity contribution < 1.29 is 8.78 Å². The average molecular weight is 214 g/mol. The van der Waals surface area contributed by atoms with E-state index in [2.05, 4.69) is 0 Å². The zero-order valence-electron chi connectivity index (χ0n) is 8.95. The first kappa shape index (κ1) is 11.9. The summed E-state index contributed by atoms with van der Waals surface area (Å²) in [7, 11) is 1.65. The molecule has 1 aromatic rings. The van der Waals surface area contributed by atoms with E-state index in [4.69, 9.17) is 5.73 Å². The fraction of sp³-hybridized carbons (Fsp3) is 0.455. The van der Waals surface area contributed by atoms with Gasteiger partial charge in [0.2, 0.25) is 0 Å². The van der Waals surface area contributed by atoms with Gasteiger partial charge in [0.15, 0.2) is 0 Å². The maximum atomic E-state index is 12.2. The predicted molar refractivity (Wildman–Crippen MR) is 58.3 cm³/mol. The third-order valence-corrected chi connectivity index (χ3v) is 2.25. The largest absolute Gasteiger partial charge is 0.369 e. The lowest BCUT2D eigenvalue weighted by molar-refractivity contribution is 0.156. The van der Waals surface area contributed by atoms with Gasteiger partial charge in [0, 0.05) is 18.8 Å². The van der Waals surface area contributed by atoms with Gasteiger partial charge in [-0.05, 0) is 18.6 Å². The van der Waals surface area contributed by atoms with E-state index in [9.17, 15) is 8.78 Å². The zero-order valence-corrected chi connectivity index (χ0v) is 8.95. The Hall–Kier alpha value is -1.16. The van der Waals surface area contributed by atoms with Gasteiger partial charge in [-0.15, -0.1) is 0 Å². The van der Waals surface area contributed by atoms with Crippen LogP contribution in [-0.4, -0.2) is 20.0 Å². The molecule has 15 heavy (non-hydrogen) atoms. The molecule has 0 spiro atoms. The van der Waals surface area contributed by atoms with Gasteiger partial charge in [0.1, 0.15) is 0 Å². The van der Waals surface area contributed by atoms with Gasteiger partial charge in [0.05, 0.1) is 6.54 Å². The Kier molecular flexibility index (Phi) is 4.03. The maximum absolute atomic E-state index is 12.2. The van der Waals surface area contributed by atoms with Crippen molar-refractivity contribution in [3.8, 4) is 0 Å². The molecule has 2 N–H and O–H groups in total. The molecule has 0 aliphatic rings. The van der Waals surface area contributed by atoms with Crippen molar-refractivity contribution >= 4 is 5.69 Å². The Morgan fingerprint density at radius 3 is 2.47 bits per heavy atom. The molecular formula is C11H16F2N2. The van der Waals surface area contributed by atoms with Crippen LogP contribution in [0.3, 0.4) is 0 Å². The molecule has 4 heteroatoms. The molecule has 1 unspecified atom stereocenters. The second kappa shape index (κ2) is 5.07. The lowest BCUT2D eigenvalue weighted by Crippen LogP contribution is -2.26. The SMILES string of the molecule is CC(N)c1ccccc1N(C)CC(F)F. The summed E-state index contributed by atoms with van der Waals surface area (Å²) in [5.41, 5.74) is 7.43. The van der Waals surface area contributed by atoms with Crippen molar-refractivity contribution in [2.24, 2.45) is 5.73 Å². The zero-order chi connectivity index (χ0) is 11.4. The highest BCUT2D eigenvalue weighted by Gasteiger charge is 2.13. The van der Waals surface area contributed by atoms with Crippen LogP contribution in [0.5, 0.6) is 0 Å². The minimum absolute atomic E-state index is 0.152. The molecule has 0 saturated heterocycles. The maximum Gasteiger partial charge on any atom is 0.255 e.